The van der Waals surface area contributed by atoms with E-state index < -0.39 is 21.9 Å². The Labute approximate surface area is 187 Å². The maximum Gasteiger partial charge on any atom is 0.338 e. The molecule has 0 bridgehead atoms. The minimum Gasteiger partial charge on any atom is -0.484 e. The van der Waals surface area contributed by atoms with Gasteiger partial charge in [-0.3, -0.25) is 4.79 Å². The van der Waals surface area contributed by atoms with Crippen molar-refractivity contribution in [3.8, 4) is 5.75 Å². The molecule has 0 radical (unpaired) electrons. The third-order valence-corrected chi connectivity index (χ3v) is 6.67. The first-order chi connectivity index (χ1) is 14.7. The fraction of sp³-hybridized carbons (Fsp3) is 0.333. The molecule has 0 aliphatic carbocycles. The number of halogens is 1. The van der Waals surface area contributed by atoms with Crippen LogP contribution in [0.1, 0.15) is 31.1 Å². The second kappa shape index (κ2) is 11.1. The second-order valence-corrected chi connectivity index (χ2v) is 8.66. The Morgan fingerprint density at radius 2 is 1.68 bits per heavy atom. The fourth-order valence-electron chi connectivity index (χ4n) is 2.71. The summed E-state index contributed by atoms with van der Waals surface area (Å²) in [6, 6.07) is 10.3. The first-order valence-corrected chi connectivity index (χ1v) is 11.5. The molecule has 2 aromatic rings. The Morgan fingerprint density at radius 3 is 2.26 bits per heavy atom. The zero-order chi connectivity index (χ0) is 23.0. The Morgan fingerprint density at radius 1 is 1.03 bits per heavy atom. The van der Waals surface area contributed by atoms with Crippen molar-refractivity contribution in [1.82, 2.24) is 4.31 Å². The summed E-state index contributed by atoms with van der Waals surface area (Å²) in [6.07, 6.45) is 0. The van der Waals surface area contributed by atoms with Gasteiger partial charge < -0.3 is 14.8 Å². The summed E-state index contributed by atoms with van der Waals surface area (Å²) in [7, 11) is -3.69. The number of anilines is 1. The van der Waals surface area contributed by atoms with Crippen LogP contribution in [0.3, 0.4) is 0 Å². The molecule has 0 fully saturated rings. The van der Waals surface area contributed by atoms with Crippen molar-refractivity contribution >= 4 is 39.2 Å². The van der Waals surface area contributed by atoms with E-state index in [0.717, 1.165) is 0 Å². The number of esters is 1. The molecule has 0 aromatic heterocycles. The number of carbonyl (C=O) groups excluding carboxylic acids is 2. The van der Waals surface area contributed by atoms with Crippen LogP contribution in [0, 0.1) is 0 Å². The first kappa shape index (κ1) is 24.6. The van der Waals surface area contributed by atoms with Gasteiger partial charge in [-0.05, 0) is 49.4 Å². The maximum atomic E-state index is 12.7. The molecule has 0 aliphatic heterocycles. The highest BCUT2D eigenvalue weighted by atomic mass is 35.5. The Balaban J connectivity index is 2.05. The van der Waals surface area contributed by atoms with Gasteiger partial charge in [0.1, 0.15) is 5.75 Å². The molecule has 0 saturated heterocycles. The van der Waals surface area contributed by atoms with Gasteiger partial charge in [-0.15, -0.1) is 0 Å². The Hall–Kier alpha value is -2.62. The molecule has 2 aromatic carbocycles. The van der Waals surface area contributed by atoms with Crippen LogP contribution in [0.2, 0.25) is 5.02 Å². The molecule has 0 atom stereocenters. The minimum absolute atomic E-state index is 0.0337. The van der Waals surface area contributed by atoms with Crippen molar-refractivity contribution in [2.45, 2.75) is 25.7 Å². The van der Waals surface area contributed by atoms with Crippen LogP contribution < -0.4 is 10.1 Å². The molecule has 8 nitrogen and oxygen atoms in total. The number of amides is 1. The molecule has 1 N–H and O–H groups in total. The normalized spacial score (nSPS) is 11.3. The monoisotopic (exact) mass is 468 g/mol. The number of hydrogen-bond acceptors (Lipinski definition) is 6. The van der Waals surface area contributed by atoms with E-state index in [4.69, 9.17) is 21.1 Å². The molecule has 10 heteroatoms. The molecule has 0 saturated carbocycles. The van der Waals surface area contributed by atoms with E-state index in [-0.39, 0.29) is 28.8 Å². The second-order valence-electron chi connectivity index (χ2n) is 6.31. The van der Waals surface area contributed by atoms with E-state index in [1.54, 1.807) is 32.9 Å². The van der Waals surface area contributed by atoms with Gasteiger partial charge in [0.05, 0.1) is 27.8 Å². The van der Waals surface area contributed by atoms with Crippen molar-refractivity contribution in [3.05, 3.63) is 53.1 Å². The molecule has 31 heavy (non-hydrogen) atoms. The van der Waals surface area contributed by atoms with Crippen molar-refractivity contribution in [1.29, 1.82) is 0 Å². The average Bonchev–Trinajstić information content (AvgIpc) is 2.75. The van der Waals surface area contributed by atoms with E-state index in [1.807, 2.05) is 0 Å². The quantitative estimate of drug-likeness (QED) is 0.535. The third kappa shape index (κ3) is 6.43. The number of benzene rings is 2. The number of carbonyl (C=O) groups is 2. The molecular weight excluding hydrogens is 444 g/mol. The summed E-state index contributed by atoms with van der Waals surface area (Å²) in [5, 5.41) is 2.76. The zero-order valence-electron chi connectivity index (χ0n) is 17.6. The number of nitrogens with zero attached hydrogens (tertiary/aromatic N) is 1. The minimum atomic E-state index is -3.69. The first-order valence-electron chi connectivity index (χ1n) is 9.72. The fourth-order valence-corrected chi connectivity index (χ4v) is 4.36. The van der Waals surface area contributed by atoms with Crippen molar-refractivity contribution in [3.63, 3.8) is 0 Å². The summed E-state index contributed by atoms with van der Waals surface area (Å²) < 4.78 is 37.0. The lowest BCUT2D eigenvalue weighted by atomic mass is 10.2. The van der Waals surface area contributed by atoms with Gasteiger partial charge in [0.15, 0.2) is 6.61 Å². The SMILES string of the molecule is CCOC(=O)c1ccc(OCC(=O)Nc2cc(S(=O)(=O)N(CC)CC)ccc2Cl)cc1. The van der Waals surface area contributed by atoms with Crippen molar-refractivity contribution in [2.75, 3.05) is 31.6 Å². The molecule has 0 aliphatic rings. The van der Waals surface area contributed by atoms with Crippen LogP contribution in [0.25, 0.3) is 0 Å². The van der Waals surface area contributed by atoms with E-state index in [0.29, 0.717) is 24.4 Å². The van der Waals surface area contributed by atoms with E-state index >= 15 is 0 Å². The number of hydrogen-bond donors (Lipinski definition) is 1. The van der Waals surface area contributed by atoms with Crippen LogP contribution in [0.15, 0.2) is 47.4 Å². The molecule has 2 rings (SSSR count). The lowest BCUT2D eigenvalue weighted by molar-refractivity contribution is -0.118. The van der Waals surface area contributed by atoms with E-state index in [2.05, 4.69) is 5.32 Å². The van der Waals surface area contributed by atoms with Crippen molar-refractivity contribution < 1.29 is 27.5 Å². The summed E-state index contributed by atoms with van der Waals surface area (Å²) in [6.45, 7) is 5.80. The number of nitrogens with one attached hydrogen (secondary N) is 1. The number of ether oxygens (including phenoxy) is 2. The molecule has 168 valence electrons. The van der Waals surface area contributed by atoms with Crippen LogP contribution in [-0.4, -0.2) is 50.9 Å². The van der Waals surface area contributed by atoms with E-state index in [9.17, 15) is 18.0 Å². The van der Waals surface area contributed by atoms with Crippen LogP contribution in [-0.2, 0) is 19.6 Å². The Kier molecular flexibility index (Phi) is 8.85. The molecule has 1 amide bonds. The van der Waals surface area contributed by atoms with Crippen LogP contribution in [0.4, 0.5) is 5.69 Å². The number of sulfonamides is 1. The summed E-state index contributed by atoms with van der Waals surface area (Å²) in [5.41, 5.74) is 0.540. The van der Waals surface area contributed by atoms with Gasteiger partial charge in [-0.25, -0.2) is 13.2 Å². The lowest BCUT2D eigenvalue weighted by Gasteiger charge is -2.19. The largest absolute Gasteiger partial charge is 0.484 e. The molecule has 0 heterocycles. The molecule has 0 unspecified atom stereocenters. The lowest BCUT2D eigenvalue weighted by Crippen LogP contribution is -2.30. The predicted molar refractivity (Wildman–Crippen MR) is 118 cm³/mol. The predicted octanol–water partition coefficient (Wildman–Crippen LogP) is 3.56. The molecular formula is C21H25ClN2O6S. The van der Waals surface area contributed by atoms with Crippen LogP contribution in [0.5, 0.6) is 5.75 Å². The average molecular weight is 469 g/mol. The maximum absolute atomic E-state index is 12.7. The van der Waals surface area contributed by atoms with E-state index in [1.165, 1.54) is 34.6 Å². The van der Waals surface area contributed by atoms with Crippen LogP contribution >= 0.6 is 11.6 Å². The van der Waals surface area contributed by atoms with Gasteiger partial charge in [0, 0.05) is 13.1 Å². The van der Waals surface area contributed by atoms with Gasteiger partial charge in [0.2, 0.25) is 10.0 Å². The standard InChI is InChI=1S/C21H25ClN2O6S/c1-4-24(5-2)31(27,28)17-11-12-18(22)19(13-17)23-20(25)14-30-16-9-7-15(8-10-16)21(26)29-6-3/h7-13H,4-6,14H2,1-3H3,(H,23,25). The Bertz CT molecular complexity index is 1020. The van der Waals surface area contributed by atoms with Gasteiger partial charge in [0.25, 0.3) is 5.91 Å². The van der Waals surface area contributed by atoms with Gasteiger partial charge in [-0.1, -0.05) is 25.4 Å². The highest BCUT2D eigenvalue weighted by molar-refractivity contribution is 7.89. The highest BCUT2D eigenvalue weighted by Gasteiger charge is 2.23. The zero-order valence-corrected chi connectivity index (χ0v) is 19.1. The number of rotatable bonds is 10. The summed E-state index contributed by atoms with van der Waals surface area (Å²) in [5.74, 6) is -0.582. The van der Waals surface area contributed by atoms with Gasteiger partial charge in [-0.2, -0.15) is 4.31 Å². The highest BCUT2D eigenvalue weighted by Crippen LogP contribution is 2.27. The third-order valence-electron chi connectivity index (χ3n) is 4.29. The summed E-state index contributed by atoms with van der Waals surface area (Å²) in [4.78, 5) is 24.0. The molecule has 0 spiro atoms. The van der Waals surface area contributed by atoms with Gasteiger partial charge >= 0.3 is 5.97 Å². The smallest absolute Gasteiger partial charge is 0.338 e. The summed E-state index contributed by atoms with van der Waals surface area (Å²) >= 11 is 6.12. The topological polar surface area (TPSA) is 102 Å². The van der Waals surface area contributed by atoms with Crippen molar-refractivity contribution in [2.24, 2.45) is 0 Å².